The Kier molecular flexibility index (Phi) is 2.31. The maximum absolute atomic E-state index is 9.61. The van der Waals surface area contributed by atoms with E-state index in [0.717, 1.165) is 22.6 Å². The van der Waals surface area contributed by atoms with Crippen molar-refractivity contribution in [1.82, 2.24) is 0 Å². The zero-order valence-electron chi connectivity index (χ0n) is 6.46. The van der Waals surface area contributed by atoms with Crippen LogP contribution in [0, 0.1) is 0 Å². The van der Waals surface area contributed by atoms with Crippen LogP contribution < -0.4 is 0 Å². The van der Waals surface area contributed by atoms with Crippen LogP contribution in [0.2, 0.25) is 5.02 Å². The lowest BCUT2D eigenvalue weighted by Gasteiger charge is -2.20. The highest BCUT2D eigenvalue weighted by molar-refractivity contribution is 7.99. The summed E-state index contributed by atoms with van der Waals surface area (Å²) in [6.45, 7) is 0. The molecule has 0 fully saturated rings. The van der Waals surface area contributed by atoms with E-state index in [-0.39, 0.29) is 6.10 Å². The number of aliphatic hydroxyl groups is 1. The summed E-state index contributed by atoms with van der Waals surface area (Å²) >= 11 is 7.60. The number of thioether (sulfide) groups is 1. The van der Waals surface area contributed by atoms with Gasteiger partial charge in [0.1, 0.15) is 0 Å². The minimum Gasteiger partial charge on any atom is -0.388 e. The molecular formula is C9H9ClOS. The monoisotopic (exact) mass is 200 g/mol. The van der Waals surface area contributed by atoms with E-state index in [1.54, 1.807) is 11.8 Å². The van der Waals surface area contributed by atoms with Gasteiger partial charge in [-0.3, -0.25) is 0 Å². The van der Waals surface area contributed by atoms with Crippen LogP contribution in [0.15, 0.2) is 23.1 Å². The third-order valence-electron chi connectivity index (χ3n) is 1.98. The van der Waals surface area contributed by atoms with Crippen molar-refractivity contribution in [3.63, 3.8) is 0 Å². The summed E-state index contributed by atoms with van der Waals surface area (Å²) in [7, 11) is 0. The standard InChI is InChI=1S/C9H9ClOS/c10-6-1-2-9-7(5-6)8(11)3-4-12-9/h1-2,5,8,11H,3-4H2. The summed E-state index contributed by atoms with van der Waals surface area (Å²) in [6, 6.07) is 5.70. The van der Waals surface area contributed by atoms with Crippen molar-refractivity contribution in [2.24, 2.45) is 0 Å². The van der Waals surface area contributed by atoms with Crippen molar-refractivity contribution in [2.45, 2.75) is 17.4 Å². The number of aliphatic hydroxyl groups excluding tert-OH is 1. The fourth-order valence-electron chi connectivity index (χ4n) is 1.35. The molecule has 1 unspecified atom stereocenters. The summed E-state index contributed by atoms with van der Waals surface area (Å²) in [5.74, 6) is 0.996. The van der Waals surface area contributed by atoms with Gasteiger partial charge in [0, 0.05) is 15.7 Å². The lowest BCUT2D eigenvalue weighted by Crippen LogP contribution is -2.05. The zero-order valence-corrected chi connectivity index (χ0v) is 8.03. The summed E-state index contributed by atoms with van der Waals surface area (Å²) in [6.07, 6.45) is 0.512. The first-order valence-corrected chi connectivity index (χ1v) is 5.24. The van der Waals surface area contributed by atoms with Gasteiger partial charge in [0.25, 0.3) is 0 Å². The van der Waals surface area contributed by atoms with Crippen molar-refractivity contribution in [2.75, 3.05) is 5.75 Å². The molecule has 2 rings (SSSR count). The summed E-state index contributed by atoms with van der Waals surface area (Å²) < 4.78 is 0. The molecule has 3 heteroatoms. The summed E-state index contributed by atoms with van der Waals surface area (Å²) in [5.41, 5.74) is 0.985. The number of fused-ring (bicyclic) bond motifs is 1. The van der Waals surface area contributed by atoms with Crippen LogP contribution in [-0.2, 0) is 0 Å². The van der Waals surface area contributed by atoms with Crippen LogP contribution in [0.3, 0.4) is 0 Å². The second-order valence-electron chi connectivity index (χ2n) is 2.84. The maximum Gasteiger partial charge on any atom is 0.0809 e. The average molecular weight is 201 g/mol. The quantitative estimate of drug-likeness (QED) is 0.695. The predicted octanol–water partition coefficient (Wildman–Crippen LogP) is 2.87. The Hall–Kier alpha value is -0.180. The predicted molar refractivity (Wildman–Crippen MR) is 51.8 cm³/mol. The Bertz CT molecular complexity index is 301. The van der Waals surface area contributed by atoms with Crippen LogP contribution in [-0.4, -0.2) is 10.9 Å². The van der Waals surface area contributed by atoms with E-state index >= 15 is 0 Å². The first-order valence-electron chi connectivity index (χ1n) is 3.87. The molecule has 1 aliphatic rings. The molecule has 1 N–H and O–H groups in total. The Labute approximate surface area is 80.7 Å². The Morgan fingerprint density at radius 3 is 3.17 bits per heavy atom. The van der Waals surface area contributed by atoms with E-state index in [1.807, 2.05) is 18.2 Å². The van der Waals surface area contributed by atoms with Gasteiger partial charge < -0.3 is 5.11 Å². The van der Waals surface area contributed by atoms with Crippen LogP contribution in [0.4, 0.5) is 0 Å². The number of benzene rings is 1. The van der Waals surface area contributed by atoms with E-state index in [2.05, 4.69) is 0 Å². The highest BCUT2D eigenvalue weighted by Crippen LogP contribution is 2.37. The third-order valence-corrected chi connectivity index (χ3v) is 3.34. The number of hydrogen-bond acceptors (Lipinski definition) is 2. The number of halogens is 1. The van der Waals surface area contributed by atoms with Gasteiger partial charge in [0.2, 0.25) is 0 Å². The molecule has 0 aliphatic carbocycles. The Balaban J connectivity index is 2.47. The molecule has 1 atom stereocenters. The van der Waals surface area contributed by atoms with Crippen LogP contribution in [0.1, 0.15) is 18.1 Å². The molecular weight excluding hydrogens is 192 g/mol. The van der Waals surface area contributed by atoms with Gasteiger partial charge in [-0.2, -0.15) is 0 Å². The van der Waals surface area contributed by atoms with E-state index < -0.39 is 0 Å². The van der Waals surface area contributed by atoms with Crippen molar-refractivity contribution >= 4 is 23.4 Å². The minimum absolute atomic E-state index is 0.319. The molecule has 0 amide bonds. The lowest BCUT2D eigenvalue weighted by molar-refractivity contribution is 0.170. The molecule has 64 valence electrons. The van der Waals surface area contributed by atoms with Gasteiger partial charge in [-0.05, 0) is 30.2 Å². The number of hydrogen-bond donors (Lipinski definition) is 1. The Morgan fingerprint density at radius 1 is 1.50 bits per heavy atom. The molecule has 0 radical (unpaired) electrons. The summed E-state index contributed by atoms with van der Waals surface area (Å²) in [5, 5.41) is 10.3. The molecule has 0 spiro atoms. The average Bonchev–Trinajstić information content (AvgIpc) is 2.07. The highest BCUT2D eigenvalue weighted by Gasteiger charge is 2.17. The summed E-state index contributed by atoms with van der Waals surface area (Å²) in [4.78, 5) is 1.16. The van der Waals surface area contributed by atoms with Gasteiger partial charge in [-0.25, -0.2) is 0 Å². The third kappa shape index (κ3) is 1.47. The molecule has 0 saturated carbocycles. The molecule has 12 heavy (non-hydrogen) atoms. The zero-order chi connectivity index (χ0) is 8.55. The minimum atomic E-state index is -0.319. The fourth-order valence-corrected chi connectivity index (χ4v) is 2.61. The van der Waals surface area contributed by atoms with E-state index in [0.29, 0.717) is 5.02 Å². The lowest BCUT2D eigenvalue weighted by atomic mass is 10.1. The SMILES string of the molecule is OC1CCSc2ccc(Cl)cc21. The normalized spacial score (nSPS) is 22.0. The largest absolute Gasteiger partial charge is 0.388 e. The smallest absolute Gasteiger partial charge is 0.0809 e. The second kappa shape index (κ2) is 3.29. The molecule has 1 aromatic rings. The first kappa shape index (κ1) is 8.42. The van der Waals surface area contributed by atoms with E-state index in [1.165, 1.54) is 0 Å². The van der Waals surface area contributed by atoms with Gasteiger partial charge in [0.05, 0.1) is 6.10 Å². The Morgan fingerprint density at radius 2 is 2.33 bits per heavy atom. The van der Waals surface area contributed by atoms with Crippen molar-refractivity contribution < 1.29 is 5.11 Å². The van der Waals surface area contributed by atoms with Crippen LogP contribution in [0.25, 0.3) is 0 Å². The van der Waals surface area contributed by atoms with Gasteiger partial charge in [0.15, 0.2) is 0 Å². The molecule has 1 aliphatic heterocycles. The molecule has 1 heterocycles. The van der Waals surface area contributed by atoms with Gasteiger partial charge >= 0.3 is 0 Å². The number of rotatable bonds is 0. The van der Waals surface area contributed by atoms with Gasteiger partial charge in [-0.1, -0.05) is 11.6 Å². The van der Waals surface area contributed by atoms with Crippen molar-refractivity contribution in [3.05, 3.63) is 28.8 Å². The maximum atomic E-state index is 9.61. The van der Waals surface area contributed by atoms with Crippen LogP contribution in [0.5, 0.6) is 0 Å². The molecule has 1 nitrogen and oxygen atoms in total. The van der Waals surface area contributed by atoms with Crippen molar-refractivity contribution in [1.29, 1.82) is 0 Å². The molecule has 1 aromatic carbocycles. The molecule has 0 aromatic heterocycles. The van der Waals surface area contributed by atoms with Crippen molar-refractivity contribution in [3.8, 4) is 0 Å². The fraction of sp³-hybridized carbons (Fsp3) is 0.333. The second-order valence-corrected chi connectivity index (χ2v) is 4.41. The highest BCUT2D eigenvalue weighted by atomic mass is 35.5. The van der Waals surface area contributed by atoms with Crippen LogP contribution >= 0.6 is 23.4 Å². The molecule has 0 bridgehead atoms. The first-order chi connectivity index (χ1) is 5.77. The topological polar surface area (TPSA) is 20.2 Å². The van der Waals surface area contributed by atoms with Gasteiger partial charge in [-0.15, -0.1) is 11.8 Å². The van der Waals surface area contributed by atoms with E-state index in [9.17, 15) is 5.11 Å². The molecule has 0 saturated heterocycles. The van der Waals surface area contributed by atoms with E-state index in [4.69, 9.17) is 11.6 Å².